The van der Waals surface area contributed by atoms with E-state index in [-0.39, 0.29) is 46.4 Å². The zero-order valence-electron chi connectivity index (χ0n) is 24.1. The van der Waals surface area contributed by atoms with Gasteiger partial charge >= 0.3 is 5.91 Å². The first-order chi connectivity index (χ1) is 20.9. The number of hydrogen-bond donors (Lipinski definition) is 1. The Kier molecular flexibility index (Phi) is 7.36. The molecule has 3 aromatic carbocycles. The van der Waals surface area contributed by atoms with Crippen LogP contribution in [-0.2, 0) is 10.0 Å². The highest BCUT2D eigenvalue weighted by atomic mass is 32.2. The number of amides is 2. The number of oxazole rings is 1. The van der Waals surface area contributed by atoms with Gasteiger partial charge in [-0.05, 0) is 60.9 Å². The molecule has 228 valence electrons. The quantitative estimate of drug-likeness (QED) is 0.273. The molecule has 44 heavy (non-hydrogen) atoms. The minimum atomic E-state index is -3.72. The molecule has 1 N–H and O–H groups in total. The van der Waals surface area contributed by atoms with Crippen LogP contribution in [0.25, 0.3) is 33.4 Å². The largest absolute Gasteiger partial charge is 0.455 e. The highest BCUT2D eigenvalue weighted by Crippen LogP contribution is 2.42. The number of halogens is 2. The van der Waals surface area contributed by atoms with Gasteiger partial charge in [0.25, 0.3) is 11.8 Å². The second-order valence-electron chi connectivity index (χ2n) is 10.8. The first kappa shape index (κ1) is 29.3. The fourth-order valence-electron chi connectivity index (χ4n) is 5.63. The van der Waals surface area contributed by atoms with Gasteiger partial charge < -0.3 is 19.1 Å². The molecule has 6 rings (SSSR count). The molecule has 0 unspecified atom stereocenters. The lowest BCUT2D eigenvalue weighted by Gasteiger charge is -2.34. The minimum Gasteiger partial charge on any atom is -0.455 e. The molecule has 2 amide bonds. The summed E-state index contributed by atoms with van der Waals surface area (Å²) in [6.07, 6.45) is 2.30. The summed E-state index contributed by atoms with van der Waals surface area (Å²) in [6.45, 7) is 0.617. The van der Waals surface area contributed by atoms with E-state index < -0.39 is 33.5 Å². The lowest BCUT2D eigenvalue weighted by atomic mass is 9.88. The van der Waals surface area contributed by atoms with Gasteiger partial charge in [-0.15, -0.1) is 0 Å². The molecule has 0 spiro atoms. The van der Waals surface area contributed by atoms with Gasteiger partial charge in [0, 0.05) is 56.2 Å². The molecule has 1 aliphatic rings. The maximum Gasteiger partial charge on any atom is 0.309 e. The number of benzene rings is 3. The van der Waals surface area contributed by atoms with E-state index in [4.69, 9.17) is 8.83 Å². The van der Waals surface area contributed by atoms with Gasteiger partial charge in [0.2, 0.25) is 10.0 Å². The summed E-state index contributed by atoms with van der Waals surface area (Å²) in [6, 6.07) is 12.6. The molecule has 1 saturated heterocycles. The van der Waals surface area contributed by atoms with E-state index in [9.17, 15) is 26.8 Å². The molecule has 10 nitrogen and oxygen atoms in total. The third-order valence-electron chi connectivity index (χ3n) is 7.92. The topological polar surface area (TPSA) is 126 Å². The Hall–Kier alpha value is -4.78. The number of rotatable bonds is 6. The molecule has 0 bridgehead atoms. The Morgan fingerprint density at radius 3 is 2.45 bits per heavy atom. The number of nitrogens with zero attached hydrogens (tertiary/aromatic N) is 3. The van der Waals surface area contributed by atoms with Crippen molar-refractivity contribution in [3.63, 3.8) is 0 Å². The number of anilines is 1. The summed E-state index contributed by atoms with van der Waals surface area (Å²) in [5.41, 5.74) is 2.38. The number of aromatic nitrogens is 1. The monoisotopic (exact) mass is 622 g/mol. The van der Waals surface area contributed by atoms with Crippen LogP contribution in [0.3, 0.4) is 0 Å². The van der Waals surface area contributed by atoms with Crippen LogP contribution in [0.1, 0.15) is 45.4 Å². The van der Waals surface area contributed by atoms with Gasteiger partial charge in [-0.3, -0.25) is 13.9 Å². The van der Waals surface area contributed by atoms with Crippen molar-refractivity contribution in [2.45, 2.75) is 18.8 Å². The molecule has 1 aliphatic heterocycles. The van der Waals surface area contributed by atoms with E-state index in [1.54, 1.807) is 17.0 Å². The molecule has 2 aromatic heterocycles. The lowest BCUT2D eigenvalue weighted by molar-refractivity contribution is 0.0669. The average Bonchev–Trinajstić information content (AvgIpc) is 3.60. The van der Waals surface area contributed by atoms with E-state index in [2.05, 4.69) is 10.3 Å². The first-order valence-corrected chi connectivity index (χ1v) is 15.7. The van der Waals surface area contributed by atoms with Crippen molar-refractivity contribution in [2.24, 2.45) is 0 Å². The minimum absolute atomic E-state index is 0.171. The molecule has 1 atom stereocenters. The first-order valence-electron chi connectivity index (χ1n) is 13.8. The Morgan fingerprint density at radius 1 is 1.02 bits per heavy atom. The number of carbonyl (C=O) groups is 2. The molecule has 0 radical (unpaired) electrons. The molecule has 0 aliphatic carbocycles. The fourth-order valence-corrected chi connectivity index (χ4v) is 6.14. The van der Waals surface area contributed by atoms with Crippen LogP contribution in [0.15, 0.2) is 63.4 Å². The van der Waals surface area contributed by atoms with Gasteiger partial charge in [0.15, 0.2) is 5.58 Å². The molecule has 13 heteroatoms. The van der Waals surface area contributed by atoms with Gasteiger partial charge in [-0.2, -0.15) is 0 Å². The van der Waals surface area contributed by atoms with Crippen LogP contribution in [-0.4, -0.2) is 63.6 Å². The summed E-state index contributed by atoms with van der Waals surface area (Å²) in [4.78, 5) is 32.4. The normalized spacial score (nSPS) is 15.6. The summed E-state index contributed by atoms with van der Waals surface area (Å²) in [5, 5.41) is 3.06. The molecule has 3 heterocycles. The van der Waals surface area contributed by atoms with E-state index in [1.165, 1.54) is 56.6 Å². The van der Waals surface area contributed by atoms with Gasteiger partial charge in [0.1, 0.15) is 28.5 Å². The van der Waals surface area contributed by atoms with Gasteiger partial charge in [-0.1, -0.05) is 0 Å². The van der Waals surface area contributed by atoms with Crippen molar-refractivity contribution >= 4 is 49.6 Å². The van der Waals surface area contributed by atoms with Crippen LogP contribution in [0, 0.1) is 11.6 Å². The highest BCUT2D eigenvalue weighted by Gasteiger charge is 2.33. The van der Waals surface area contributed by atoms with Gasteiger partial charge in [0.05, 0.1) is 17.5 Å². The van der Waals surface area contributed by atoms with E-state index in [1.807, 2.05) is 0 Å². The summed E-state index contributed by atoms with van der Waals surface area (Å²) < 4.78 is 65.7. The van der Waals surface area contributed by atoms with E-state index in [0.717, 1.165) is 10.6 Å². The highest BCUT2D eigenvalue weighted by molar-refractivity contribution is 7.92. The standard InChI is InChI=1S/C31H28F2N4O6S/c1-34-29(38)27-22-14-21(18-5-4-12-37(16-18)31(39)30-35-23-13-20(33)10-11-25(23)43-30)24(36(2)44(3,40)41)15-26(22)42-28(27)17-6-8-19(32)9-7-17/h6-11,13-15,18H,4-5,12,16H2,1-3H3,(H,34,38)/t18-/m0/s1. The van der Waals surface area contributed by atoms with Crippen molar-refractivity contribution in [3.8, 4) is 11.3 Å². The molecular weight excluding hydrogens is 594 g/mol. The Bertz CT molecular complexity index is 2040. The zero-order chi connectivity index (χ0) is 31.3. The van der Waals surface area contributed by atoms with Crippen molar-refractivity contribution in [1.82, 2.24) is 15.2 Å². The summed E-state index contributed by atoms with van der Waals surface area (Å²) in [7, 11) is -0.821. The van der Waals surface area contributed by atoms with Crippen LogP contribution >= 0.6 is 0 Å². The van der Waals surface area contributed by atoms with Crippen LogP contribution in [0.5, 0.6) is 0 Å². The van der Waals surface area contributed by atoms with Crippen LogP contribution in [0.2, 0.25) is 0 Å². The van der Waals surface area contributed by atoms with Crippen LogP contribution in [0.4, 0.5) is 14.5 Å². The fraction of sp³-hybridized carbons (Fsp3) is 0.258. The summed E-state index contributed by atoms with van der Waals surface area (Å²) in [5.74, 6) is -2.16. The van der Waals surface area contributed by atoms with Crippen molar-refractivity contribution < 1.29 is 35.6 Å². The molecular formula is C31H28F2N4O6S. The average molecular weight is 623 g/mol. The number of carbonyl (C=O) groups excluding carboxylic acids is 2. The number of furan rings is 1. The maximum absolute atomic E-state index is 13.7. The van der Waals surface area contributed by atoms with E-state index in [0.29, 0.717) is 41.6 Å². The Morgan fingerprint density at radius 2 is 1.75 bits per heavy atom. The second-order valence-corrected chi connectivity index (χ2v) is 12.8. The third kappa shape index (κ3) is 5.27. The van der Waals surface area contributed by atoms with Crippen molar-refractivity contribution in [1.29, 1.82) is 0 Å². The number of piperidine rings is 1. The molecule has 1 fully saturated rings. The Labute approximate surface area is 251 Å². The predicted molar refractivity (Wildman–Crippen MR) is 160 cm³/mol. The maximum atomic E-state index is 13.7. The predicted octanol–water partition coefficient (Wildman–Crippen LogP) is 5.29. The van der Waals surface area contributed by atoms with E-state index >= 15 is 0 Å². The second kappa shape index (κ2) is 11.1. The van der Waals surface area contributed by atoms with Gasteiger partial charge in [-0.25, -0.2) is 22.2 Å². The number of sulfonamides is 1. The zero-order valence-corrected chi connectivity index (χ0v) is 24.9. The summed E-state index contributed by atoms with van der Waals surface area (Å²) >= 11 is 0. The number of nitrogens with one attached hydrogen (secondary N) is 1. The molecule has 5 aromatic rings. The number of likely N-dealkylation sites (tertiary alicyclic amines) is 1. The Balaban J connectivity index is 1.45. The lowest BCUT2D eigenvalue weighted by Crippen LogP contribution is -2.39. The van der Waals surface area contributed by atoms with Crippen LogP contribution < -0.4 is 9.62 Å². The number of hydrogen-bond acceptors (Lipinski definition) is 7. The van der Waals surface area contributed by atoms with Crippen molar-refractivity contribution in [2.75, 3.05) is 37.7 Å². The smallest absolute Gasteiger partial charge is 0.309 e. The third-order valence-corrected chi connectivity index (χ3v) is 9.11. The van der Waals surface area contributed by atoms with Crippen molar-refractivity contribution in [3.05, 3.63) is 83.2 Å². The SMILES string of the molecule is CNC(=O)c1c(-c2ccc(F)cc2)oc2cc(N(C)S(C)(=O)=O)c([C@H]3CCCN(C(=O)c4nc5cc(F)ccc5o4)C3)cc12. The number of fused-ring (bicyclic) bond motifs is 2. The molecule has 0 saturated carbocycles.